The maximum atomic E-state index is 13.1. The van der Waals surface area contributed by atoms with Crippen molar-refractivity contribution in [1.82, 2.24) is 15.0 Å². The van der Waals surface area contributed by atoms with E-state index in [9.17, 15) is 9.90 Å². The fourth-order valence-electron chi connectivity index (χ4n) is 8.21. The molecule has 3 aliphatic rings. The summed E-state index contributed by atoms with van der Waals surface area (Å²) in [6.07, 6.45) is 2.12. The van der Waals surface area contributed by atoms with Crippen LogP contribution in [0.15, 0.2) is 90.6 Å². The predicted molar refractivity (Wildman–Crippen MR) is 200 cm³/mol. The smallest absolute Gasteiger partial charge is 0.352 e. The number of ether oxygens (including phenoxy) is 2. The van der Waals surface area contributed by atoms with Crippen LogP contribution in [0.2, 0.25) is 0 Å². The molecule has 3 aliphatic heterocycles. The lowest BCUT2D eigenvalue weighted by Crippen LogP contribution is -2.37. The molecule has 0 aliphatic carbocycles. The van der Waals surface area contributed by atoms with Gasteiger partial charge in [-0.15, -0.1) is 0 Å². The number of aryl methyl sites for hydroxylation is 2. The number of aromatic nitrogens is 1. The van der Waals surface area contributed by atoms with Gasteiger partial charge in [0, 0.05) is 66.5 Å². The fraction of sp³-hybridized carbons (Fsp3) is 0.341. The monoisotopic (exact) mass is 671 g/mol. The Morgan fingerprint density at radius 2 is 1.60 bits per heavy atom. The van der Waals surface area contributed by atoms with Crippen molar-refractivity contribution in [1.29, 1.82) is 0 Å². The number of carboxylic acids is 1. The summed E-state index contributed by atoms with van der Waals surface area (Å²) >= 11 is 0. The highest BCUT2D eigenvalue weighted by Crippen LogP contribution is 2.39. The van der Waals surface area contributed by atoms with Crippen LogP contribution in [0.25, 0.3) is 27.2 Å². The molecule has 1 saturated heterocycles. The second-order valence-electron chi connectivity index (χ2n) is 13.6. The Labute approximate surface area is 293 Å². The quantitative estimate of drug-likeness (QED) is 0.175. The van der Waals surface area contributed by atoms with Gasteiger partial charge >= 0.3 is 5.97 Å². The Bertz CT molecular complexity index is 2060. The first-order valence-corrected chi connectivity index (χ1v) is 17.9. The molecule has 1 aromatic heterocycles. The Balaban J connectivity index is 1.12. The molecular formula is C41H45N5O4. The van der Waals surface area contributed by atoms with Crippen molar-refractivity contribution in [2.24, 2.45) is 0 Å². The van der Waals surface area contributed by atoms with Gasteiger partial charge in [0.25, 0.3) is 0 Å². The Kier molecular flexibility index (Phi) is 8.85. The van der Waals surface area contributed by atoms with Crippen molar-refractivity contribution in [3.05, 3.63) is 107 Å². The molecule has 5 aromatic rings. The molecule has 1 fully saturated rings. The lowest BCUT2D eigenvalue weighted by molar-refractivity contribution is 0.0684. The number of nitrogens with one attached hydrogen (secondary N) is 1. The van der Waals surface area contributed by atoms with Crippen LogP contribution >= 0.6 is 0 Å². The van der Waals surface area contributed by atoms with Crippen molar-refractivity contribution in [2.45, 2.75) is 38.8 Å². The number of benzene rings is 4. The van der Waals surface area contributed by atoms with Gasteiger partial charge in [0.2, 0.25) is 0 Å². The number of hydrogen-bond acceptors (Lipinski definition) is 7. The summed E-state index contributed by atoms with van der Waals surface area (Å²) in [6, 6.07) is 29.7. The van der Waals surface area contributed by atoms with Gasteiger partial charge in [0.1, 0.15) is 11.4 Å². The second-order valence-corrected chi connectivity index (χ2v) is 13.6. The first-order valence-electron chi connectivity index (χ1n) is 17.9. The summed E-state index contributed by atoms with van der Waals surface area (Å²) in [7, 11) is 2.09. The molecule has 2 N–H and O–H groups in total. The SMILES string of the molecule is CC1NN(C)C2=C1c1cccc3c(CCCOc4cccc5ccccc45)c(C(=O)O)n(c13)CCCN(c1ccc(N3CCOCC3)cc1)C2. The van der Waals surface area contributed by atoms with Crippen LogP contribution in [0.1, 0.15) is 41.4 Å². The van der Waals surface area contributed by atoms with E-state index in [0.29, 0.717) is 31.7 Å². The van der Waals surface area contributed by atoms with E-state index in [1.54, 1.807) is 0 Å². The molecule has 4 heterocycles. The number of rotatable bonds is 8. The third-order valence-corrected chi connectivity index (χ3v) is 10.5. The van der Waals surface area contributed by atoms with Crippen LogP contribution < -0.4 is 20.0 Å². The summed E-state index contributed by atoms with van der Waals surface area (Å²) in [5, 5.41) is 16.2. The third kappa shape index (κ3) is 5.94. The standard InChI is InChI=1S/C41H45N5O4/c1-28-38-35-13-6-12-33-34(14-7-24-50-37-15-5-10-29-9-3-4-11-32(29)37)40(41(47)48)46(39(33)35)21-8-20-45(27-36(38)43(2)42-28)31-18-16-30(17-19-31)44-22-25-49-26-23-44/h3-6,9-13,15-19,28,42H,7-8,14,20-27H2,1-2H3,(H,47,48). The van der Waals surface area contributed by atoms with Crippen molar-refractivity contribution in [3.8, 4) is 5.75 Å². The highest BCUT2D eigenvalue weighted by atomic mass is 16.5. The Morgan fingerprint density at radius 3 is 2.40 bits per heavy atom. The van der Waals surface area contributed by atoms with E-state index in [1.165, 1.54) is 22.6 Å². The molecule has 0 radical (unpaired) electrons. The second kappa shape index (κ2) is 13.7. The van der Waals surface area contributed by atoms with E-state index in [2.05, 4.69) is 99.4 Å². The van der Waals surface area contributed by atoms with Gasteiger partial charge in [0.05, 0.1) is 43.6 Å². The number of carboxylic acid groups (broad SMARTS) is 1. The minimum Gasteiger partial charge on any atom is -0.493 e. The molecular weight excluding hydrogens is 626 g/mol. The first-order chi connectivity index (χ1) is 24.5. The topological polar surface area (TPSA) is 82.4 Å². The zero-order valence-electron chi connectivity index (χ0n) is 28.9. The van der Waals surface area contributed by atoms with Crippen LogP contribution in [0.5, 0.6) is 5.75 Å². The molecule has 1 atom stereocenters. The molecule has 0 bridgehead atoms. The van der Waals surface area contributed by atoms with Gasteiger partial charge < -0.3 is 34.0 Å². The highest BCUT2D eigenvalue weighted by Gasteiger charge is 2.33. The Morgan fingerprint density at radius 1 is 0.880 bits per heavy atom. The number of fused-ring (bicyclic) bond motifs is 2. The third-order valence-electron chi connectivity index (χ3n) is 10.5. The highest BCUT2D eigenvalue weighted by molar-refractivity contribution is 6.03. The van der Waals surface area contributed by atoms with Crippen molar-refractivity contribution in [2.75, 3.05) is 62.8 Å². The number of anilines is 2. The number of aromatic carboxylic acids is 1. The lowest BCUT2D eigenvalue weighted by Gasteiger charge is -2.31. The van der Waals surface area contributed by atoms with E-state index in [4.69, 9.17) is 9.47 Å². The van der Waals surface area contributed by atoms with Gasteiger partial charge in [-0.3, -0.25) is 0 Å². The molecule has 0 saturated carbocycles. The van der Waals surface area contributed by atoms with E-state index in [1.807, 2.05) is 24.3 Å². The molecule has 0 spiro atoms. The average Bonchev–Trinajstić information content (AvgIpc) is 3.62. The van der Waals surface area contributed by atoms with Gasteiger partial charge in [-0.25, -0.2) is 10.2 Å². The zero-order valence-corrected chi connectivity index (χ0v) is 28.9. The van der Waals surface area contributed by atoms with E-state index < -0.39 is 5.97 Å². The average molecular weight is 672 g/mol. The Hall–Kier alpha value is -4.99. The van der Waals surface area contributed by atoms with Crippen molar-refractivity contribution < 1.29 is 19.4 Å². The molecule has 50 heavy (non-hydrogen) atoms. The summed E-state index contributed by atoms with van der Waals surface area (Å²) in [5.41, 5.74) is 11.9. The van der Waals surface area contributed by atoms with Crippen LogP contribution in [0.3, 0.4) is 0 Å². The number of para-hydroxylation sites is 1. The fourth-order valence-corrected chi connectivity index (χ4v) is 8.21. The van der Waals surface area contributed by atoms with Crippen LogP contribution in [0.4, 0.5) is 11.4 Å². The molecule has 4 aromatic carbocycles. The molecule has 9 heteroatoms. The normalized spacial score (nSPS) is 18.2. The summed E-state index contributed by atoms with van der Waals surface area (Å²) in [6.45, 7) is 8.19. The first kappa shape index (κ1) is 32.2. The molecule has 8 rings (SSSR count). The summed E-state index contributed by atoms with van der Waals surface area (Å²) in [5.74, 6) is -0.0232. The maximum Gasteiger partial charge on any atom is 0.352 e. The van der Waals surface area contributed by atoms with Crippen LogP contribution in [-0.4, -0.2) is 79.7 Å². The summed E-state index contributed by atoms with van der Waals surface area (Å²) < 4.78 is 13.9. The minimum atomic E-state index is -0.881. The number of hydrogen-bond donors (Lipinski definition) is 2. The number of morpholine rings is 1. The van der Waals surface area contributed by atoms with Gasteiger partial charge in [-0.05, 0) is 67.5 Å². The zero-order chi connectivity index (χ0) is 34.2. The number of hydrazine groups is 1. The van der Waals surface area contributed by atoms with Crippen molar-refractivity contribution >= 4 is 44.6 Å². The van der Waals surface area contributed by atoms with Crippen LogP contribution in [0, 0.1) is 0 Å². The molecule has 1 unspecified atom stereocenters. The van der Waals surface area contributed by atoms with Gasteiger partial charge in [-0.2, -0.15) is 0 Å². The number of likely N-dealkylation sites (N-methyl/N-ethyl adjacent to an activating group) is 1. The predicted octanol–water partition coefficient (Wildman–Crippen LogP) is 6.80. The lowest BCUT2D eigenvalue weighted by atomic mass is 9.95. The van der Waals surface area contributed by atoms with E-state index in [-0.39, 0.29) is 6.04 Å². The molecule has 9 nitrogen and oxygen atoms in total. The number of nitrogens with zero attached hydrogens (tertiary/aromatic N) is 4. The summed E-state index contributed by atoms with van der Waals surface area (Å²) in [4.78, 5) is 18.0. The maximum absolute atomic E-state index is 13.1. The van der Waals surface area contributed by atoms with E-state index >= 15 is 0 Å². The van der Waals surface area contributed by atoms with Crippen LogP contribution in [-0.2, 0) is 17.7 Å². The molecule has 0 amide bonds. The largest absolute Gasteiger partial charge is 0.493 e. The van der Waals surface area contributed by atoms with Gasteiger partial charge in [-0.1, -0.05) is 54.6 Å². The van der Waals surface area contributed by atoms with E-state index in [0.717, 1.165) is 84.4 Å². The van der Waals surface area contributed by atoms with Crippen molar-refractivity contribution in [3.63, 3.8) is 0 Å². The molecule has 258 valence electrons. The number of carbonyl (C=O) groups is 1. The minimum absolute atomic E-state index is 0.0692. The van der Waals surface area contributed by atoms with Gasteiger partial charge in [0.15, 0.2) is 0 Å².